The summed E-state index contributed by atoms with van der Waals surface area (Å²) in [5, 5.41) is 2.02. The Morgan fingerprint density at radius 2 is 2.11 bits per heavy atom. The van der Waals surface area contributed by atoms with E-state index in [0.29, 0.717) is 18.7 Å². The highest BCUT2D eigenvalue weighted by molar-refractivity contribution is 7.09. The lowest BCUT2D eigenvalue weighted by atomic mass is 10.1. The summed E-state index contributed by atoms with van der Waals surface area (Å²) >= 11 is 1.64. The minimum absolute atomic E-state index is 0.0454. The minimum atomic E-state index is -0.375. The molecular formula is C21H23NO4S. The van der Waals surface area contributed by atoms with E-state index in [9.17, 15) is 9.59 Å². The van der Waals surface area contributed by atoms with Crippen LogP contribution in [0.4, 0.5) is 0 Å². The zero-order chi connectivity index (χ0) is 19.1. The lowest BCUT2D eigenvalue weighted by Gasteiger charge is -2.23. The van der Waals surface area contributed by atoms with Gasteiger partial charge in [0.2, 0.25) is 5.91 Å². The van der Waals surface area contributed by atoms with E-state index < -0.39 is 0 Å². The Hall–Kier alpha value is -2.44. The average molecular weight is 385 g/mol. The van der Waals surface area contributed by atoms with Crippen LogP contribution in [0.15, 0.2) is 47.9 Å². The van der Waals surface area contributed by atoms with E-state index in [1.807, 2.05) is 22.4 Å². The zero-order valence-electron chi connectivity index (χ0n) is 15.3. The van der Waals surface area contributed by atoms with Gasteiger partial charge >= 0.3 is 5.97 Å². The molecule has 2 aromatic rings. The molecule has 1 aliphatic heterocycles. The van der Waals surface area contributed by atoms with Gasteiger partial charge in [0.15, 0.2) is 0 Å². The van der Waals surface area contributed by atoms with Gasteiger partial charge in [-0.1, -0.05) is 18.2 Å². The van der Waals surface area contributed by atoms with Crippen molar-refractivity contribution in [2.24, 2.45) is 0 Å². The summed E-state index contributed by atoms with van der Waals surface area (Å²) in [7, 11) is 1.35. The number of nitrogens with zero attached hydrogens (tertiary/aromatic N) is 1. The van der Waals surface area contributed by atoms with Crippen molar-refractivity contribution in [2.45, 2.75) is 25.5 Å². The number of hydrogen-bond donors (Lipinski definition) is 0. The third-order valence-electron chi connectivity index (χ3n) is 4.44. The van der Waals surface area contributed by atoms with Crippen molar-refractivity contribution in [3.63, 3.8) is 0 Å². The fourth-order valence-corrected chi connectivity index (χ4v) is 3.70. The van der Waals surface area contributed by atoms with Crippen LogP contribution in [0.2, 0.25) is 0 Å². The van der Waals surface area contributed by atoms with Crippen LogP contribution in [0, 0.1) is 0 Å². The monoisotopic (exact) mass is 385 g/mol. The molecule has 1 aromatic carbocycles. The smallest absolute Gasteiger partial charge is 0.337 e. The molecule has 3 rings (SSSR count). The first kappa shape index (κ1) is 19.3. The van der Waals surface area contributed by atoms with Crippen molar-refractivity contribution in [1.82, 2.24) is 4.90 Å². The molecule has 1 unspecified atom stereocenters. The van der Waals surface area contributed by atoms with Gasteiger partial charge in [-0.3, -0.25) is 4.79 Å². The lowest BCUT2D eigenvalue weighted by Crippen LogP contribution is -2.35. The van der Waals surface area contributed by atoms with E-state index in [1.165, 1.54) is 7.11 Å². The number of hydrogen-bond acceptors (Lipinski definition) is 5. The van der Waals surface area contributed by atoms with Gasteiger partial charge in [0.1, 0.15) is 0 Å². The summed E-state index contributed by atoms with van der Waals surface area (Å²) in [6.45, 7) is 1.96. The second kappa shape index (κ2) is 9.48. The molecule has 1 aromatic heterocycles. The molecule has 142 valence electrons. The van der Waals surface area contributed by atoms with Crippen molar-refractivity contribution in [1.29, 1.82) is 0 Å². The van der Waals surface area contributed by atoms with Gasteiger partial charge in [-0.05, 0) is 48.1 Å². The Morgan fingerprint density at radius 3 is 2.74 bits per heavy atom. The molecule has 6 heteroatoms. The number of benzene rings is 1. The molecule has 0 spiro atoms. The molecular weight excluding hydrogens is 362 g/mol. The molecule has 0 bridgehead atoms. The SMILES string of the molecule is COC(=O)c1ccc(C=CC(=O)N(Cc2cccs2)CC2CCCO2)cc1. The normalized spacial score (nSPS) is 16.6. The topological polar surface area (TPSA) is 55.8 Å². The highest BCUT2D eigenvalue weighted by Crippen LogP contribution is 2.18. The number of rotatable bonds is 7. The van der Waals surface area contributed by atoms with Crippen molar-refractivity contribution >= 4 is 29.3 Å². The minimum Gasteiger partial charge on any atom is -0.465 e. The van der Waals surface area contributed by atoms with Crippen LogP contribution < -0.4 is 0 Å². The number of methoxy groups -OCH3 is 1. The van der Waals surface area contributed by atoms with Crippen LogP contribution >= 0.6 is 11.3 Å². The first-order valence-electron chi connectivity index (χ1n) is 8.95. The quantitative estimate of drug-likeness (QED) is 0.538. The van der Waals surface area contributed by atoms with E-state index in [0.717, 1.165) is 29.9 Å². The predicted octanol–water partition coefficient (Wildman–Crippen LogP) is 3.76. The van der Waals surface area contributed by atoms with Crippen molar-refractivity contribution < 1.29 is 19.1 Å². The third kappa shape index (κ3) is 5.52. The van der Waals surface area contributed by atoms with E-state index in [4.69, 9.17) is 9.47 Å². The van der Waals surface area contributed by atoms with Crippen molar-refractivity contribution in [2.75, 3.05) is 20.3 Å². The number of ether oxygens (including phenoxy) is 2. The van der Waals surface area contributed by atoms with Crippen LogP contribution in [-0.4, -0.2) is 43.1 Å². The Labute approximate surface area is 163 Å². The third-order valence-corrected chi connectivity index (χ3v) is 5.30. The van der Waals surface area contributed by atoms with Crippen LogP contribution in [0.1, 0.15) is 33.6 Å². The molecule has 27 heavy (non-hydrogen) atoms. The predicted molar refractivity (Wildman–Crippen MR) is 106 cm³/mol. The average Bonchev–Trinajstić information content (AvgIpc) is 3.39. The number of amides is 1. The van der Waals surface area contributed by atoms with Crippen LogP contribution in [0.25, 0.3) is 6.08 Å². The first-order chi connectivity index (χ1) is 13.2. The fourth-order valence-electron chi connectivity index (χ4n) is 2.98. The molecule has 1 saturated heterocycles. The molecule has 1 atom stereocenters. The zero-order valence-corrected chi connectivity index (χ0v) is 16.1. The number of thiophene rings is 1. The number of esters is 1. The Bertz CT molecular complexity index is 777. The first-order valence-corrected chi connectivity index (χ1v) is 9.83. The van der Waals surface area contributed by atoms with E-state index in [-0.39, 0.29) is 18.0 Å². The van der Waals surface area contributed by atoms with Crippen molar-refractivity contribution in [3.05, 3.63) is 63.9 Å². The van der Waals surface area contributed by atoms with Gasteiger partial charge in [0, 0.05) is 24.1 Å². The van der Waals surface area contributed by atoms with Gasteiger partial charge < -0.3 is 14.4 Å². The second-order valence-corrected chi connectivity index (χ2v) is 7.41. The number of carbonyl (C=O) groups excluding carboxylic acids is 2. The van der Waals surface area contributed by atoms with Gasteiger partial charge in [0.05, 0.1) is 25.3 Å². The van der Waals surface area contributed by atoms with Gasteiger partial charge in [-0.25, -0.2) is 4.79 Å². The highest BCUT2D eigenvalue weighted by atomic mass is 32.1. The van der Waals surface area contributed by atoms with Gasteiger partial charge in [-0.15, -0.1) is 11.3 Å². The van der Waals surface area contributed by atoms with Gasteiger partial charge in [-0.2, -0.15) is 0 Å². The molecule has 5 nitrogen and oxygen atoms in total. The molecule has 1 amide bonds. The summed E-state index contributed by atoms with van der Waals surface area (Å²) in [5.74, 6) is -0.420. The van der Waals surface area contributed by atoms with Crippen LogP contribution in [0.5, 0.6) is 0 Å². The second-order valence-electron chi connectivity index (χ2n) is 6.38. The molecule has 0 saturated carbocycles. The van der Waals surface area contributed by atoms with Crippen LogP contribution in [0.3, 0.4) is 0 Å². The molecule has 0 aliphatic carbocycles. The maximum atomic E-state index is 12.8. The lowest BCUT2D eigenvalue weighted by molar-refractivity contribution is -0.128. The maximum Gasteiger partial charge on any atom is 0.337 e. The molecule has 2 heterocycles. The largest absolute Gasteiger partial charge is 0.465 e. The Kier molecular flexibility index (Phi) is 6.79. The molecule has 0 radical (unpaired) electrons. The summed E-state index contributed by atoms with van der Waals surface area (Å²) in [6.07, 6.45) is 5.50. The van der Waals surface area contributed by atoms with Gasteiger partial charge in [0.25, 0.3) is 0 Å². The van der Waals surface area contributed by atoms with E-state index in [1.54, 1.807) is 47.8 Å². The van der Waals surface area contributed by atoms with E-state index in [2.05, 4.69) is 0 Å². The van der Waals surface area contributed by atoms with Crippen LogP contribution in [-0.2, 0) is 20.8 Å². The molecule has 1 fully saturated rings. The maximum absolute atomic E-state index is 12.8. The Morgan fingerprint density at radius 1 is 1.30 bits per heavy atom. The molecule has 1 aliphatic rings. The fraction of sp³-hybridized carbons (Fsp3) is 0.333. The summed E-state index contributed by atoms with van der Waals surface area (Å²) in [4.78, 5) is 27.2. The highest BCUT2D eigenvalue weighted by Gasteiger charge is 2.22. The summed E-state index contributed by atoms with van der Waals surface area (Å²) in [5.41, 5.74) is 1.34. The Balaban J connectivity index is 1.66. The number of carbonyl (C=O) groups is 2. The molecule has 0 N–H and O–H groups in total. The summed E-state index contributed by atoms with van der Waals surface area (Å²) in [6, 6.07) is 11.0. The summed E-state index contributed by atoms with van der Waals surface area (Å²) < 4.78 is 10.4. The van der Waals surface area contributed by atoms with Crippen molar-refractivity contribution in [3.8, 4) is 0 Å². The standard InChI is InChI=1S/C21H23NO4S/c1-25-21(24)17-9-6-16(7-10-17)8-11-20(23)22(14-18-4-2-12-26-18)15-19-5-3-13-27-19/h3,5-11,13,18H,2,4,12,14-15H2,1H3. The van der Waals surface area contributed by atoms with E-state index >= 15 is 0 Å².